The van der Waals surface area contributed by atoms with Gasteiger partial charge >= 0.3 is 0 Å². The van der Waals surface area contributed by atoms with Crippen molar-refractivity contribution in [3.8, 4) is 0 Å². The van der Waals surface area contributed by atoms with Crippen molar-refractivity contribution in [2.24, 2.45) is 0 Å². The minimum Gasteiger partial charge on any atom is -0.744 e. The van der Waals surface area contributed by atoms with Crippen molar-refractivity contribution in [1.29, 1.82) is 0 Å². The van der Waals surface area contributed by atoms with Gasteiger partial charge in [0.2, 0.25) is 0 Å². The van der Waals surface area contributed by atoms with Crippen LogP contribution >= 0.6 is 11.8 Å². The Labute approximate surface area is 230 Å². The van der Waals surface area contributed by atoms with E-state index in [0.717, 1.165) is 24.4 Å². The quantitative estimate of drug-likeness (QED) is 0.402. The molecule has 1 atom stereocenters. The molecule has 0 saturated carbocycles. The molecule has 0 amide bonds. The molecule has 0 saturated heterocycles. The molecule has 5 rings (SSSR count). The molecule has 8 heteroatoms. The third kappa shape index (κ3) is 6.26. The molecule has 0 aromatic heterocycles. The number of para-hydroxylation sites is 1. The normalized spacial score (nSPS) is 19.2. The van der Waals surface area contributed by atoms with Gasteiger partial charge in [0.1, 0.15) is 22.0 Å². The summed E-state index contributed by atoms with van der Waals surface area (Å²) < 4.78 is 37.5. The van der Waals surface area contributed by atoms with Crippen LogP contribution in [0.4, 0.5) is 5.69 Å². The second kappa shape index (κ2) is 11.7. The fourth-order valence-corrected chi connectivity index (χ4v) is 5.96. The average molecular weight is 550 g/mol. The summed E-state index contributed by atoms with van der Waals surface area (Å²) in [5.74, 6) is 0.931. The topological polar surface area (TPSA) is 72.9 Å². The summed E-state index contributed by atoms with van der Waals surface area (Å²) >= 11 is 1.81. The van der Waals surface area contributed by atoms with Crippen LogP contribution in [-0.4, -0.2) is 44.1 Å². The predicted molar refractivity (Wildman–Crippen MR) is 154 cm³/mol. The molecule has 0 spiro atoms. The summed E-state index contributed by atoms with van der Waals surface area (Å²) in [7, 11) is -2.15. The number of aryl methyl sites for hydroxylation is 1. The number of likely N-dealkylation sites (N-methyl/N-ethyl adjacent to an activating group) is 1. The summed E-state index contributed by atoms with van der Waals surface area (Å²) in [6.45, 7) is 10.3. The van der Waals surface area contributed by atoms with Crippen LogP contribution in [0, 0.1) is 6.92 Å². The van der Waals surface area contributed by atoms with E-state index in [4.69, 9.17) is 4.74 Å². The first-order chi connectivity index (χ1) is 18.1. The molecular formula is C30H33N2O4S2-. The molecule has 0 N–H and O–H groups in total. The number of hydrogen-bond acceptors (Lipinski definition) is 7. The molecule has 0 bridgehead atoms. The maximum absolute atomic E-state index is 10.4. The highest BCUT2D eigenvalue weighted by atomic mass is 32.2. The molecule has 1 aliphatic carbocycles. The van der Waals surface area contributed by atoms with Crippen LogP contribution in [0.2, 0.25) is 0 Å². The van der Waals surface area contributed by atoms with Crippen LogP contribution in [0.3, 0.4) is 0 Å². The van der Waals surface area contributed by atoms with Gasteiger partial charge in [0, 0.05) is 36.8 Å². The zero-order valence-corrected chi connectivity index (χ0v) is 24.0. The van der Waals surface area contributed by atoms with Gasteiger partial charge in [0.25, 0.3) is 0 Å². The summed E-state index contributed by atoms with van der Waals surface area (Å²) in [6, 6.07) is 14.4. The van der Waals surface area contributed by atoms with Crippen LogP contribution < -0.4 is 4.90 Å². The summed E-state index contributed by atoms with van der Waals surface area (Å²) in [6.07, 6.45) is 10.9. The van der Waals surface area contributed by atoms with Gasteiger partial charge in [-0.05, 0) is 81.3 Å². The third-order valence-electron chi connectivity index (χ3n) is 6.58. The van der Waals surface area contributed by atoms with Crippen LogP contribution in [-0.2, 0) is 14.9 Å². The Morgan fingerprint density at radius 1 is 1.08 bits per heavy atom. The monoisotopic (exact) mass is 549 g/mol. The summed E-state index contributed by atoms with van der Waals surface area (Å²) in [4.78, 5) is 5.72. The zero-order chi connectivity index (χ0) is 27.4. The van der Waals surface area contributed by atoms with Crippen LogP contribution in [0.25, 0.3) is 0 Å². The molecule has 2 aromatic rings. The van der Waals surface area contributed by atoms with Crippen molar-refractivity contribution in [2.45, 2.75) is 43.6 Å². The van der Waals surface area contributed by atoms with E-state index in [-0.39, 0.29) is 11.0 Å². The summed E-state index contributed by atoms with van der Waals surface area (Å²) in [5, 5.41) is 1.22. The minimum absolute atomic E-state index is 0.0142. The van der Waals surface area contributed by atoms with Crippen LogP contribution in [0.5, 0.6) is 0 Å². The molecule has 38 heavy (non-hydrogen) atoms. The van der Waals surface area contributed by atoms with Crippen molar-refractivity contribution < 1.29 is 17.7 Å². The Balaban J connectivity index is 0.000000257. The largest absolute Gasteiger partial charge is 0.744 e. The van der Waals surface area contributed by atoms with E-state index < -0.39 is 10.1 Å². The smallest absolute Gasteiger partial charge is 0.144 e. The number of fused-ring (bicyclic) bond motifs is 2. The van der Waals surface area contributed by atoms with Crippen molar-refractivity contribution in [1.82, 2.24) is 4.90 Å². The highest BCUT2D eigenvalue weighted by Gasteiger charge is 2.27. The second-order valence-corrected chi connectivity index (χ2v) is 11.7. The molecule has 0 radical (unpaired) electrons. The molecule has 6 nitrogen and oxygen atoms in total. The lowest BCUT2D eigenvalue weighted by atomic mass is 9.95. The maximum Gasteiger partial charge on any atom is 0.144 e. The van der Waals surface area contributed by atoms with E-state index in [1.165, 1.54) is 44.6 Å². The van der Waals surface area contributed by atoms with E-state index in [9.17, 15) is 13.0 Å². The van der Waals surface area contributed by atoms with Gasteiger partial charge in [-0.1, -0.05) is 47.7 Å². The van der Waals surface area contributed by atoms with E-state index in [1.54, 1.807) is 12.1 Å². The molecule has 2 heterocycles. The predicted octanol–water partition coefficient (Wildman–Crippen LogP) is 6.36. The SMILES string of the molecule is CCN(C)C1=CC2OC(C=C3Sc4ccccc4N3CC)=CC(C)=C2C=C1.Cc1ccc(S(=O)(=O)[O-])cc1. The fourth-order valence-electron chi connectivity index (χ4n) is 4.33. The molecule has 1 unspecified atom stereocenters. The molecular weight excluding hydrogens is 516 g/mol. The number of nitrogens with zero attached hydrogens (tertiary/aromatic N) is 2. The van der Waals surface area contributed by atoms with Crippen molar-refractivity contribution in [2.75, 3.05) is 25.0 Å². The van der Waals surface area contributed by atoms with Crippen molar-refractivity contribution in [3.05, 3.63) is 112 Å². The third-order valence-corrected chi connectivity index (χ3v) is 8.54. The van der Waals surface area contributed by atoms with Crippen molar-refractivity contribution >= 4 is 27.6 Å². The number of hydrogen-bond donors (Lipinski definition) is 0. The molecule has 2 aliphatic heterocycles. The Morgan fingerprint density at radius 3 is 2.45 bits per heavy atom. The number of allylic oxidation sites excluding steroid dienone is 4. The number of ether oxygens (including phenoxy) is 1. The molecule has 0 fully saturated rings. The Morgan fingerprint density at radius 2 is 1.79 bits per heavy atom. The average Bonchev–Trinajstić information content (AvgIpc) is 3.24. The lowest BCUT2D eigenvalue weighted by Crippen LogP contribution is -2.25. The molecule has 2 aromatic carbocycles. The van der Waals surface area contributed by atoms with E-state index in [0.29, 0.717) is 0 Å². The Hall–Kier alpha value is -3.20. The Bertz CT molecular complexity index is 1450. The van der Waals surface area contributed by atoms with Gasteiger partial charge < -0.3 is 19.1 Å². The number of rotatable bonds is 5. The van der Waals surface area contributed by atoms with E-state index >= 15 is 0 Å². The van der Waals surface area contributed by atoms with E-state index in [1.807, 2.05) is 18.7 Å². The van der Waals surface area contributed by atoms with Crippen molar-refractivity contribution in [3.63, 3.8) is 0 Å². The number of thioether (sulfide) groups is 1. The highest BCUT2D eigenvalue weighted by Crippen LogP contribution is 2.46. The van der Waals surface area contributed by atoms with Gasteiger partial charge in [0.15, 0.2) is 0 Å². The zero-order valence-electron chi connectivity index (χ0n) is 22.3. The van der Waals surface area contributed by atoms with Gasteiger partial charge in [-0.3, -0.25) is 0 Å². The maximum atomic E-state index is 10.4. The lowest BCUT2D eigenvalue weighted by Gasteiger charge is -2.30. The van der Waals surface area contributed by atoms with Crippen LogP contribution in [0.1, 0.15) is 26.3 Å². The fraction of sp³-hybridized carbons (Fsp3) is 0.267. The highest BCUT2D eigenvalue weighted by molar-refractivity contribution is 8.03. The summed E-state index contributed by atoms with van der Waals surface area (Å²) in [5.41, 5.74) is 5.95. The second-order valence-electron chi connectivity index (χ2n) is 9.23. The minimum atomic E-state index is -4.27. The first-order valence-electron chi connectivity index (χ1n) is 12.6. The first kappa shape index (κ1) is 27.8. The Kier molecular flexibility index (Phi) is 8.55. The number of anilines is 1. The van der Waals surface area contributed by atoms with Gasteiger partial charge in [-0.25, -0.2) is 8.42 Å². The standard InChI is InChI=1S/C23H26N2OS.C7H8O3S/c1-5-24(4)17-11-12-19-16(3)13-18(26-21(19)14-17)15-23-25(6-2)20-9-7-8-10-22(20)27-23;1-6-2-4-7(5-3-6)11(8,9)10/h7-15,21H,5-6H2,1-4H3;2-5H,1H3,(H,8,9,10)/p-1. The lowest BCUT2D eigenvalue weighted by molar-refractivity contribution is 0.187. The van der Waals surface area contributed by atoms with Gasteiger partial charge in [0.05, 0.1) is 15.6 Å². The van der Waals surface area contributed by atoms with Crippen LogP contribution in [0.15, 0.2) is 116 Å². The molecule has 3 aliphatic rings. The van der Waals surface area contributed by atoms with Gasteiger partial charge in [-0.15, -0.1) is 0 Å². The van der Waals surface area contributed by atoms with Gasteiger partial charge in [-0.2, -0.15) is 0 Å². The first-order valence-corrected chi connectivity index (χ1v) is 14.8. The molecule has 200 valence electrons. The van der Waals surface area contributed by atoms with E-state index in [2.05, 4.69) is 92.3 Å². The number of benzene rings is 2.